The number of hydrogen-bond acceptors (Lipinski definition) is 1. The lowest BCUT2D eigenvalue weighted by Crippen LogP contribution is -2.24. The van der Waals surface area contributed by atoms with E-state index in [2.05, 4.69) is 35.7 Å². The van der Waals surface area contributed by atoms with Gasteiger partial charge in [0, 0.05) is 6.04 Å². The van der Waals surface area contributed by atoms with Crippen LogP contribution in [0.4, 0.5) is 0 Å². The summed E-state index contributed by atoms with van der Waals surface area (Å²) < 4.78 is 0. The summed E-state index contributed by atoms with van der Waals surface area (Å²) in [6, 6.07) is 9.44. The molecule has 1 aliphatic carbocycles. The zero-order valence-electron chi connectivity index (χ0n) is 9.00. The first-order valence-electron chi connectivity index (χ1n) is 5.95. The van der Waals surface area contributed by atoms with Crippen molar-refractivity contribution in [3.05, 3.63) is 41.0 Å². The lowest BCUT2D eigenvalue weighted by atomic mass is 9.88. The number of rotatable bonds is 1. The van der Waals surface area contributed by atoms with Gasteiger partial charge in [0.1, 0.15) is 0 Å². The van der Waals surface area contributed by atoms with E-state index in [1.807, 2.05) is 0 Å². The summed E-state index contributed by atoms with van der Waals surface area (Å²) >= 11 is 0. The van der Waals surface area contributed by atoms with Gasteiger partial charge in [-0.15, -0.1) is 0 Å². The molecule has 0 radical (unpaired) electrons. The van der Waals surface area contributed by atoms with E-state index in [1.165, 1.54) is 43.4 Å². The molecule has 1 heterocycles. The Bertz CT molecular complexity index is 386. The summed E-state index contributed by atoms with van der Waals surface area (Å²) in [5, 5.41) is 3.59. The van der Waals surface area contributed by atoms with Crippen molar-refractivity contribution in [1.29, 1.82) is 0 Å². The van der Waals surface area contributed by atoms with Crippen LogP contribution in [0.5, 0.6) is 0 Å². The predicted octanol–water partition coefficient (Wildman–Crippen LogP) is 2.77. The minimum absolute atomic E-state index is 0.665. The molecule has 1 aromatic carbocycles. The number of aryl methyl sites for hydroxylation is 1. The van der Waals surface area contributed by atoms with Crippen molar-refractivity contribution in [2.45, 2.75) is 31.7 Å². The molecule has 1 saturated heterocycles. The van der Waals surface area contributed by atoms with Gasteiger partial charge in [0.15, 0.2) is 0 Å². The van der Waals surface area contributed by atoms with E-state index in [9.17, 15) is 0 Å². The summed E-state index contributed by atoms with van der Waals surface area (Å²) in [7, 11) is 0. The molecule has 1 nitrogen and oxygen atoms in total. The minimum Gasteiger partial charge on any atom is -0.310 e. The maximum atomic E-state index is 3.59. The highest BCUT2D eigenvalue weighted by atomic mass is 14.9. The summed E-state index contributed by atoms with van der Waals surface area (Å²) in [5.41, 5.74) is 4.57. The zero-order valence-corrected chi connectivity index (χ0v) is 9.00. The fourth-order valence-electron chi connectivity index (χ4n) is 2.73. The molecule has 2 aliphatic rings. The van der Waals surface area contributed by atoms with Gasteiger partial charge in [-0.3, -0.25) is 0 Å². The number of fused-ring (bicyclic) bond motifs is 1. The molecule has 0 bridgehead atoms. The van der Waals surface area contributed by atoms with Gasteiger partial charge >= 0.3 is 0 Å². The fraction of sp³-hybridized carbons (Fsp3) is 0.429. The molecule has 0 spiro atoms. The standard InChI is InChI=1S/C14H17N/c1-2-5-12-10-13(8-7-11(12)4-1)14-6-3-9-15-14/h1-2,4-5,10,14-15H,3,6-9H2. The van der Waals surface area contributed by atoms with Crippen molar-refractivity contribution in [3.63, 3.8) is 0 Å². The summed E-state index contributed by atoms with van der Waals surface area (Å²) in [6.45, 7) is 1.20. The van der Waals surface area contributed by atoms with Gasteiger partial charge in [0.05, 0.1) is 0 Å². The maximum Gasteiger partial charge on any atom is 0.0283 e. The molecule has 15 heavy (non-hydrogen) atoms. The van der Waals surface area contributed by atoms with Crippen molar-refractivity contribution < 1.29 is 0 Å². The number of hydrogen-bond donors (Lipinski definition) is 1. The summed E-state index contributed by atoms with van der Waals surface area (Å²) in [6.07, 6.45) is 7.54. The Kier molecular flexibility index (Phi) is 2.34. The first kappa shape index (κ1) is 9.17. The molecule has 1 aliphatic heterocycles. The Morgan fingerprint density at radius 3 is 2.93 bits per heavy atom. The normalized spacial score (nSPS) is 24.8. The molecular weight excluding hydrogens is 182 g/mol. The molecule has 1 fully saturated rings. The molecule has 1 aromatic rings. The monoisotopic (exact) mass is 199 g/mol. The van der Waals surface area contributed by atoms with Gasteiger partial charge < -0.3 is 5.32 Å². The Hall–Kier alpha value is -1.08. The van der Waals surface area contributed by atoms with Crippen LogP contribution in [-0.4, -0.2) is 12.6 Å². The molecular formula is C14H17N. The predicted molar refractivity (Wildman–Crippen MR) is 63.8 cm³/mol. The van der Waals surface area contributed by atoms with Gasteiger partial charge in [0.25, 0.3) is 0 Å². The highest BCUT2D eigenvalue weighted by Gasteiger charge is 2.20. The van der Waals surface area contributed by atoms with Crippen LogP contribution in [0.3, 0.4) is 0 Å². The van der Waals surface area contributed by atoms with Gasteiger partial charge in [-0.2, -0.15) is 0 Å². The lowest BCUT2D eigenvalue weighted by molar-refractivity contribution is 0.656. The van der Waals surface area contributed by atoms with E-state index in [-0.39, 0.29) is 0 Å². The maximum absolute atomic E-state index is 3.59. The summed E-state index contributed by atoms with van der Waals surface area (Å²) in [4.78, 5) is 0. The van der Waals surface area contributed by atoms with Crippen molar-refractivity contribution in [2.75, 3.05) is 6.54 Å². The fourth-order valence-corrected chi connectivity index (χ4v) is 2.73. The molecule has 0 amide bonds. The van der Waals surface area contributed by atoms with Crippen molar-refractivity contribution in [1.82, 2.24) is 5.32 Å². The highest BCUT2D eigenvalue weighted by Crippen LogP contribution is 2.28. The SMILES string of the molecule is C1=C(C2CCCN2)CCc2ccccc21. The quantitative estimate of drug-likeness (QED) is 0.733. The molecule has 1 heteroatoms. The molecule has 1 N–H and O–H groups in total. The van der Waals surface area contributed by atoms with Crippen LogP contribution in [0, 0.1) is 0 Å². The number of nitrogens with one attached hydrogen (secondary N) is 1. The van der Waals surface area contributed by atoms with Crippen LogP contribution in [-0.2, 0) is 6.42 Å². The first-order valence-corrected chi connectivity index (χ1v) is 5.95. The molecule has 0 saturated carbocycles. The molecule has 3 rings (SSSR count). The van der Waals surface area contributed by atoms with Crippen LogP contribution < -0.4 is 5.32 Å². The van der Waals surface area contributed by atoms with E-state index in [1.54, 1.807) is 5.57 Å². The van der Waals surface area contributed by atoms with E-state index >= 15 is 0 Å². The van der Waals surface area contributed by atoms with Crippen LogP contribution in [0.25, 0.3) is 6.08 Å². The third-order valence-electron chi connectivity index (χ3n) is 3.59. The first-order chi connectivity index (χ1) is 7.43. The largest absolute Gasteiger partial charge is 0.310 e. The van der Waals surface area contributed by atoms with E-state index in [4.69, 9.17) is 0 Å². The Labute approximate surface area is 91.2 Å². The number of benzene rings is 1. The average Bonchev–Trinajstić information content (AvgIpc) is 2.82. The minimum atomic E-state index is 0.665. The van der Waals surface area contributed by atoms with Crippen molar-refractivity contribution in [2.24, 2.45) is 0 Å². The van der Waals surface area contributed by atoms with Crippen LogP contribution in [0.2, 0.25) is 0 Å². The average molecular weight is 199 g/mol. The topological polar surface area (TPSA) is 12.0 Å². The smallest absolute Gasteiger partial charge is 0.0283 e. The van der Waals surface area contributed by atoms with Gasteiger partial charge in [-0.25, -0.2) is 0 Å². The van der Waals surface area contributed by atoms with Crippen molar-refractivity contribution in [3.8, 4) is 0 Å². The molecule has 0 aromatic heterocycles. The third-order valence-corrected chi connectivity index (χ3v) is 3.59. The van der Waals surface area contributed by atoms with Gasteiger partial charge in [-0.1, -0.05) is 35.9 Å². The Morgan fingerprint density at radius 2 is 2.07 bits per heavy atom. The van der Waals surface area contributed by atoms with Crippen LogP contribution in [0.15, 0.2) is 29.8 Å². The van der Waals surface area contributed by atoms with Crippen molar-refractivity contribution >= 4 is 6.08 Å². The van der Waals surface area contributed by atoms with E-state index in [0.717, 1.165) is 0 Å². The summed E-state index contributed by atoms with van der Waals surface area (Å²) in [5.74, 6) is 0. The lowest BCUT2D eigenvalue weighted by Gasteiger charge is -2.21. The molecule has 1 unspecified atom stereocenters. The van der Waals surface area contributed by atoms with Gasteiger partial charge in [-0.05, 0) is 43.4 Å². The van der Waals surface area contributed by atoms with Crippen LogP contribution >= 0.6 is 0 Å². The second kappa shape index (κ2) is 3.82. The Balaban J connectivity index is 1.91. The zero-order chi connectivity index (χ0) is 10.1. The van der Waals surface area contributed by atoms with E-state index in [0.29, 0.717) is 6.04 Å². The second-order valence-electron chi connectivity index (χ2n) is 4.57. The van der Waals surface area contributed by atoms with Gasteiger partial charge in [0.2, 0.25) is 0 Å². The van der Waals surface area contributed by atoms with Crippen LogP contribution in [0.1, 0.15) is 30.4 Å². The molecule has 1 atom stereocenters. The molecule has 78 valence electrons. The second-order valence-corrected chi connectivity index (χ2v) is 4.57. The van der Waals surface area contributed by atoms with E-state index < -0.39 is 0 Å². The Morgan fingerprint density at radius 1 is 1.13 bits per heavy atom. The third kappa shape index (κ3) is 1.72. The highest BCUT2D eigenvalue weighted by molar-refractivity contribution is 5.60.